The van der Waals surface area contributed by atoms with E-state index in [1.54, 1.807) is 13.3 Å². The van der Waals surface area contributed by atoms with Crippen LogP contribution < -0.4 is 0 Å². The van der Waals surface area contributed by atoms with Crippen molar-refractivity contribution in [1.82, 2.24) is 4.90 Å². The second kappa shape index (κ2) is 10.8. The minimum absolute atomic E-state index is 0.497. The Hall–Kier alpha value is 0.759. The Balaban J connectivity index is 3.05. The summed E-state index contributed by atoms with van der Waals surface area (Å²) in [5.74, 6) is 0.944. The van der Waals surface area contributed by atoms with Crippen molar-refractivity contribution in [3.8, 4) is 0 Å². The fourth-order valence-electron chi connectivity index (χ4n) is 5.05. The zero-order chi connectivity index (χ0) is 18.2. The number of unbranched alkanes of at least 4 members (excludes halogenated alkanes) is 3. The Labute approximate surface area is 158 Å². The second-order valence-corrected chi connectivity index (χ2v) is 23.7. The van der Waals surface area contributed by atoms with Crippen molar-refractivity contribution >= 4 is 18.4 Å². The quantitative estimate of drug-likeness (QED) is 0.324. The van der Waals surface area contributed by atoms with Gasteiger partial charge in [-0.2, -0.15) is 0 Å². The molecule has 0 spiro atoms. The summed E-state index contributed by atoms with van der Waals surface area (Å²) >= 11 is -2.13. The maximum absolute atomic E-state index is 2.85. The molecule has 0 saturated carbocycles. The van der Waals surface area contributed by atoms with E-state index in [4.69, 9.17) is 0 Å². The van der Waals surface area contributed by atoms with E-state index in [-0.39, 0.29) is 0 Å². The van der Waals surface area contributed by atoms with Gasteiger partial charge >= 0.3 is 158 Å². The maximum atomic E-state index is 2.85. The van der Waals surface area contributed by atoms with Crippen LogP contribution in [0.25, 0.3) is 0 Å². The molecule has 24 heavy (non-hydrogen) atoms. The molecule has 0 radical (unpaired) electrons. The van der Waals surface area contributed by atoms with Crippen molar-refractivity contribution in [2.75, 3.05) is 13.6 Å². The number of piperidine rings is 1. The van der Waals surface area contributed by atoms with Crippen molar-refractivity contribution < 1.29 is 0 Å². The van der Waals surface area contributed by atoms with Crippen LogP contribution in [0.3, 0.4) is 0 Å². The van der Waals surface area contributed by atoms with E-state index < -0.39 is 18.4 Å². The standard InChI is InChI=1S/C10H20N.3C4H9.Sn/c1-10(2,3)9-5-7-11(4)8-6-9;3*1-3-4-2;/h7,9H,5-6,8H2,1-4H3;3*1,3-4H2,2H3;/t9-;;;;/m1..../s1. The van der Waals surface area contributed by atoms with Gasteiger partial charge in [0.05, 0.1) is 0 Å². The number of hydrogen-bond donors (Lipinski definition) is 0. The molecule has 144 valence electrons. The van der Waals surface area contributed by atoms with Crippen LogP contribution in [0.5, 0.6) is 0 Å². The second-order valence-electron chi connectivity index (χ2n) is 9.76. The van der Waals surface area contributed by atoms with Gasteiger partial charge in [0.25, 0.3) is 0 Å². The molecule has 0 aromatic rings. The van der Waals surface area contributed by atoms with Gasteiger partial charge in [0.2, 0.25) is 0 Å². The molecule has 1 heterocycles. The van der Waals surface area contributed by atoms with E-state index in [2.05, 4.69) is 53.5 Å². The normalized spacial score (nSPS) is 23.6. The van der Waals surface area contributed by atoms with Gasteiger partial charge in [0.1, 0.15) is 0 Å². The molecule has 1 nitrogen and oxygen atoms in total. The first kappa shape index (κ1) is 22.8. The fraction of sp³-hybridized carbons (Fsp3) is 1.00. The van der Waals surface area contributed by atoms with Gasteiger partial charge in [0, 0.05) is 0 Å². The third-order valence-corrected chi connectivity index (χ3v) is 24.4. The molecule has 0 N–H and O–H groups in total. The predicted octanol–water partition coefficient (Wildman–Crippen LogP) is 7.13. The third kappa shape index (κ3) is 6.49. The average Bonchev–Trinajstić information content (AvgIpc) is 2.54. The van der Waals surface area contributed by atoms with Gasteiger partial charge in [-0.05, 0) is 0 Å². The summed E-state index contributed by atoms with van der Waals surface area (Å²) in [6.45, 7) is 16.0. The first-order valence-electron chi connectivity index (χ1n) is 11.0. The summed E-state index contributed by atoms with van der Waals surface area (Å²) in [5, 5.41) is 0. The first-order valence-corrected chi connectivity index (χ1v) is 18.7. The molecule has 0 unspecified atom stereocenters. The molecule has 0 amide bonds. The van der Waals surface area contributed by atoms with Gasteiger partial charge < -0.3 is 0 Å². The van der Waals surface area contributed by atoms with Gasteiger partial charge in [-0.25, -0.2) is 0 Å². The zero-order valence-corrected chi connectivity index (χ0v) is 20.9. The number of likely N-dealkylation sites (tertiary alicyclic amines) is 1. The van der Waals surface area contributed by atoms with Crippen molar-refractivity contribution in [3.63, 3.8) is 0 Å². The molecule has 1 rings (SSSR count). The fourth-order valence-corrected chi connectivity index (χ4v) is 24.4. The van der Waals surface area contributed by atoms with E-state index >= 15 is 0 Å². The summed E-state index contributed by atoms with van der Waals surface area (Å²) in [6.07, 6.45) is 11.7. The summed E-state index contributed by atoms with van der Waals surface area (Å²) in [5.41, 5.74) is 0.497. The molecule has 1 aliphatic heterocycles. The molecule has 0 bridgehead atoms. The van der Waals surface area contributed by atoms with Crippen LogP contribution in [-0.2, 0) is 0 Å². The van der Waals surface area contributed by atoms with Gasteiger partial charge in [-0.15, -0.1) is 0 Å². The average molecular weight is 444 g/mol. The van der Waals surface area contributed by atoms with Crippen LogP contribution in [0, 0.1) is 11.3 Å². The monoisotopic (exact) mass is 445 g/mol. The Bertz CT molecular complexity index is 312. The molecular formula is C22H47NSn. The van der Waals surface area contributed by atoms with Crippen LogP contribution in [0.1, 0.15) is 92.9 Å². The Morgan fingerprint density at radius 2 is 1.33 bits per heavy atom. The number of rotatable bonds is 10. The van der Waals surface area contributed by atoms with E-state index in [9.17, 15) is 0 Å². The molecular weight excluding hydrogens is 397 g/mol. The van der Waals surface area contributed by atoms with Crippen LogP contribution in [0.4, 0.5) is 0 Å². The Morgan fingerprint density at radius 1 is 0.875 bits per heavy atom. The van der Waals surface area contributed by atoms with Crippen LogP contribution in [-0.4, -0.2) is 40.9 Å². The number of hydrogen-bond acceptors (Lipinski definition) is 1. The van der Waals surface area contributed by atoms with E-state index in [0.717, 1.165) is 9.98 Å². The number of nitrogens with zero attached hydrogens (tertiary/aromatic N) is 1. The minimum atomic E-state index is -2.13. The van der Waals surface area contributed by atoms with Crippen LogP contribution >= 0.6 is 0 Å². The van der Waals surface area contributed by atoms with Crippen LogP contribution in [0.15, 0.2) is 0 Å². The molecule has 0 aliphatic carbocycles. The SMILES string of the molecule is CCC[CH2][Sn]([CH2]CCC)([CH2]CCC)[C@H]1C[C@@H](C(C)(C)C)CCN1C. The molecule has 1 saturated heterocycles. The first-order chi connectivity index (χ1) is 11.3. The van der Waals surface area contributed by atoms with Crippen molar-refractivity contribution in [2.24, 2.45) is 11.3 Å². The van der Waals surface area contributed by atoms with E-state index in [0.29, 0.717) is 5.41 Å². The molecule has 0 aromatic heterocycles. The Morgan fingerprint density at radius 3 is 1.71 bits per heavy atom. The predicted molar refractivity (Wildman–Crippen MR) is 113 cm³/mol. The topological polar surface area (TPSA) is 3.24 Å². The molecule has 1 aliphatic rings. The Kier molecular flexibility index (Phi) is 10.3. The molecule has 2 atom stereocenters. The zero-order valence-electron chi connectivity index (χ0n) is 18.1. The van der Waals surface area contributed by atoms with Crippen LogP contribution in [0.2, 0.25) is 13.3 Å². The summed E-state index contributed by atoms with van der Waals surface area (Å²) in [6, 6.07) is 0. The summed E-state index contributed by atoms with van der Waals surface area (Å²) in [7, 11) is 2.47. The van der Waals surface area contributed by atoms with Crippen molar-refractivity contribution in [2.45, 2.75) is 110 Å². The van der Waals surface area contributed by atoms with E-state index in [1.165, 1.54) is 57.9 Å². The van der Waals surface area contributed by atoms with E-state index in [1.807, 2.05) is 0 Å². The molecule has 0 aromatic carbocycles. The van der Waals surface area contributed by atoms with Crippen molar-refractivity contribution in [3.05, 3.63) is 0 Å². The summed E-state index contributed by atoms with van der Waals surface area (Å²) < 4.78 is 6.01. The molecule has 1 fully saturated rings. The third-order valence-electron chi connectivity index (χ3n) is 6.89. The van der Waals surface area contributed by atoms with Gasteiger partial charge in [-0.3, -0.25) is 0 Å². The summed E-state index contributed by atoms with van der Waals surface area (Å²) in [4.78, 5) is 2.85. The van der Waals surface area contributed by atoms with Gasteiger partial charge in [-0.1, -0.05) is 0 Å². The van der Waals surface area contributed by atoms with Gasteiger partial charge in [0.15, 0.2) is 0 Å². The van der Waals surface area contributed by atoms with Crippen molar-refractivity contribution in [1.29, 1.82) is 0 Å². The molecule has 2 heteroatoms.